The van der Waals surface area contributed by atoms with E-state index in [0.717, 1.165) is 0 Å². The highest BCUT2D eigenvalue weighted by Crippen LogP contribution is 2.28. The summed E-state index contributed by atoms with van der Waals surface area (Å²) in [7, 11) is -0.499. The van der Waals surface area contributed by atoms with Crippen molar-refractivity contribution in [3.8, 4) is 6.07 Å². The summed E-state index contributed by atoms with van der Waals surface area (Å²) in [6.45, 7) is 1.86. The van der Waals surface area contributed by atoms with Gasteiger partial charge in [0.05, 0.1) is 18.2 Å². The Morgan fingerprint density at radius 2 is 2.16 bits per heavy atom. The number of hydrogen-bond acceptors (Lipinski definition) is 5. The SMILES string of the molecule is CNS(=O)(=O)c1cc(N)ccc1N(C)C(C)CC#N. The van der Waals surface area contributed by atoms with E-state index < -0.39 is 10.0 Å². The number of sulfonamides is 1. The van der Waals surface area contributed by atoms with Crippen LogP contribution in [0.4, 0.5) is 11.4 Å². The number of benzene rings is 1. The number of nitriles is 1. The molecule has 0 aliphatic carbocycles. The van der Waals surface area contributed by atoms with E-state index >= 15 is 0 Å². The van der Waals surface area contributed by atoms with Crippen LogP contribution in [0.3, 0.4) is 0 Å². The Balaban J connectivity index is 3.33. The van der Waals surface area contributed by atoms with Crippen LogP contribution in [-0.2, 0) is 10.0 Å². The van der Waals surface area contributed by atoms with E-state index in [2.05, 4.69) is 10.8 Å². The lowest BCUT2D eigenvalue weighted by Gasteiger charge is -2.27. The van der Waals surface area contributed by atoms with Gasteiger partial charge in [0.2, 0.25) is 10.0 Å². The van der Waals surface area contributed by atoms with E-state index in [9.17, 15) is 8.42 Å². The van der Waals surface area contributed by atoms with Gasteiger partial charge in [-0.1, -0.05) is 0 Å². The maximum atomic E-state index is 12.0. The largest absolute Gasteiger partial charge is 0.399 e. The van der Waals surface area contributed by atoms with Crippen LogP contribution >= 0.6 is 0 Å². The summed E-state index contributed by atoms with van der Waals surface area (Å²) < 4.78 is 26.3. The van der Waals surface area contributed by atoms with Gasteiger partial charge >= 0.3 is 0 Å². The van der Waals surface area contributed by atoms with Crippen molar-refractivity contribution < 1.29 is 8.42 Å². The highest BCUT2D eigenvalue weighted by Gasteiger charge is 2.21. The van der Waals surface area contributed by atoms with Gasteiger partial charge < -0.3 is 10.6 Å². The lowest BCUT2D eigenvalue weighted by atomic mass is 10.2. The van der Waals surface area contributed by atoms with E-state index in [1.165, 1.54) is 13.1 Å². The highest BCUT2D eigenvalue weighted by atomic mass is 32.2. The molecule has 0 saturated heterocycles. The molecule has 7 heteroatoms. The van der Waals surface area contributed by atoms with Crippen molar-refractivity contribution in [2.45, 2.75) is 24.3 Å². The monoisotopic (exact) mass is 282 g/mol. The molecule has 0 fully saturated rings. The number of nitrogens with two attached hydrogens (primary N) is 1. The molecule has 1 aromatic rings. The number of nitrogen functional groups attached to an aromatic ring is 1. The molecule has 1 unspecified atom stereocenters. The minimum atomic E-state index is -3.60. The van der Waals surface area contributed by atoms with Gasteiger partial charge in [0.1, 0.15) is 4.90 Å². The summed E-state index contributed by atoms with van der Waals surface area (Å²) in [6.07, 6.45) is 0.305. The number of nitrogens with zero attached hydrogens (tertiary/aromatic N) is 2. The third-order valence-electron chi connectivity index (χ3n) is 2.97. The van der Waals surface area contributed by atoms with Crippen molar-refractivity contribution in [2.24, 2.45) is 0 Å². The predicted octanol–water partition coefficient (Wildman–Crippen LogP) is 0.915. The molecule has 19 heavy (non-hydrogen) atoms. The molecule has 6 nitrogen and oxygen atoms in total. The average molecular weight is 282 g/mol. The number of hydrogen-bond donors (Lipinski definition) is 2. The summed E-state index contributed by atoms with van der Waals surface area (Å²) in [6, 6.07) is 6.67. The molecule has 3 N–H and O–H groups in total. The van der Waals surface area contributed by atoms with Crippen LogP contribution in [0.25, 0.3) is 0 Å². The quantitative estimate of drug-likeness (QED) is 0.782. The van der Waals surface area contributed by atoms with E-state index in [-0.39, 0.29) is 10.9 Å². The van der Waals surface area contributed by atoms with Gasteiger partial charge in [-0.2, -0.15) is 5.26 Å². The lowest BCUT2D eigenvalue weighted by Crippen LogP contribution is -2.31. The first-order chi connectivity index (χ1) is 8.83. The molecule has 0 bridgehead atoms. The van der Waals surface area contributed by atoms with Gasteiger partial charge in [0, 0.05) is 18.8 Å². The summed E-state index contributed by atoms with van der Waals surface area (Å²) in [4.78, 5) is 1.87. The van der Waals surface area contributed by atoms with Gasteiger partial charge in [-0.15, -0.1) is 0 Å². The molecule has 0 amide bonds. The van der Waals surface area contributed by atoms with Gasteiger partial charge in [0.15, 0.2) is 0 Å². The number of anilines is 2. The molecule has 0 aliphatic heterocycles. The fraction of sp³-hybridized carbons (Fsp3) is 0.417. The van der Waals surface area contributed by atoms with Crippen molar-refractivity contribution in [3.63, 3.8) is 0 Å². The summed E-state index contributed by atoms with van der Waals surface area (Å²) in [5.74, 6) is 0. The first-order valence-electron chi connectivity index (χ1n) is 5.76. The zero-order valence-electron chi connectivity index (χ0n) is 11.2. The summed E-state index contributed by atoms with van der Waals surface area (Å²) in [5, 5.41) is 8.72. The second-order valence-corrected chi connectivity index (χ2v) is 6.11. The third-order valence-corrected chi connectivity index (χ3v) is 4.41. The van der Waals surface area contributed by atoms with Gasteiger partial charge in [0.25, 0.3) is 0 Å². The average Bonchev–Trinajstić information content (AvgIpc) is 2.38. The fourth-order valence-corrected chi connectivity index (χ4v) is 2.65. The molecule has 0 aliphatic rings. The molecule has 1 aromatic carbocycles. The van der Waals surface area contributed by atoms with Gasteiger partial charge in [-0.25, -0.2) is 13.1 Å². The van der Waals surface area contributed by atoms with E-state index in [1.807, 2.05) is 6.92 Å². The number of nitrogens with one attached hydrogen (secondary N) is 1. The zero-order chi connectivity index (χ0) is 14.6. The second kappa shape index (κ2) is 5.91. The summed E-state index contributed by atoms with van der Waals surface area (Å²) >= 11 is 0. The molecule has 0 aromatic heterocycles. The lowest BCUT2D eigenvalue weighted by molar-refractivity contribution is 0.587. The van der Waals surface area contributed by atoms with Crippen LogP contribution in [-0.4, -0.2) is 28.6 Å². The molecule has 104 valence electrons. The smallest absolute Gasteiger partial charge is 0.242 e. The van der Waals surface area contributed by atoms with E-state index in [1.54, 1.807) is 24.1 Å². The van der Waals surface area contributed by atoms with Crippen LogP contribution in [0.1, 0.15) is 13.3 Å². The molecule has 0 radical (unpaired) electrons. The maximum absolute atomic E-state index is 12.0. The van der Waals surface area contributed by atoms with Crippen molar-refractivity contribution >= 4 is 21.4 Å². The fourth-order valence-electron chi connectivity index (χ4n) is 1.65. The normalized spacial score (nSPS) is 12.7. The Bertz CT molecular complexity index is 592. The topological polar surface area (TPSA) is 99.2 Å². The Labute approximate surface area is 113 Å². The minimum Gasteiger partial charge on any atom is -0.399 e. The van der Waals surface area contributed by atoms with E-state index in [0.29, 0.717) is 17.8 Å². The molecular formula is C12H18N4O2S. The van der Waals surface area contributed by atoms with Crippen LogP contribution < -0.4 is 15.4 Å². The zero-order valence-corrected chi connectivity index (χ0v) is 12.0. The molecule has 1 atom stereocenters. The van der Waals surface area contributed by atoms with Gasteiger partial charge in [-0.3, -0.25) is 0 Å². The highest BCUT2D eigenvalue weighted by molar-refractivity contribution is 7.89. The first-order valence-corrected chi connectivity index (χ1v) is 7.24. The van der Waals surface area contributed by atoms with Crippen LogP contribution in [0.2, 0.25) is 0 Å². The van der Waals surface area contributed by atoms with Crippen molar-refractivity contribution in [3.05, 3.63) is 18.2 Å². The summed E-state index contributed by atoms with van der Waals surface area (Å²) in [5.41, 5.74) is 6.54. The Morgan fingerprint density at radius 3 is 2.68 bits per heavy atom. The Kier molecular flexibility index (Phi) is 4.75. The number of rotatable bonds is 5. The molecular weight excluding hydrogens is 264 g/mol. The van der Waals surface area contributed by atoms with Crippen molar-refractivity contribution in [2.75, 3.05) is 24.7 Å². The first kappa shape index (κ1) is 15.3. The second-order valence-electron chi connectivity index (χ2n) is 4.26. The molecule has 0 heterocycles. The van der Waals surface area contributed by atoms with Gasteiger partial charge in [-0.05, 0) is 32.2 Å². The third kappa shape index (κ3) is 3.36. The van der Waals surface area contributed by atoms with Crippen molar-refractivity contribution in [1.82, 2.24) is 4.72 Å². The minimum absolute atomic E-state index is 0.0977. The maximum Gasteiger partial charge on any atom is 0.242 e. The van der Waals surface area contributed by atoms with Crippen LogP contribution in [0, 0.1) is 11.3 Å². The van der Waals surface area contributed by atoms with Crippen molar-refractivity contribution in [1.29, 1.82) is 5.26 Å². The predicted molar refractivity (Wildman–Crippen MR) is 75.2 cm³/mol. The molecule has 0 spiro atoms. The van der Waals surface area contributed by atoms with Crippen LogP contribution in [0.5, 0.6) is 0 Å². The van der Waals surface area contributed by atoms with Crippen LogP contribution in [0.15, 0.2) is 23.1 Å². The van der Waals surface area contributed by atoms with E-state index in [4.69, 9.17) is 11.0 Å². The molecule has 0 saturated carbocycles. The molecule has 1 rings (SSSR count). The Hall–Kier alpha value is -1.78. The standard InChI is InChI=1S/C12H18N4O2S/c1-9(6-7-13)16(3)11-5-4-10(14)8-12(11)19(17,18)15-2/h4-5,8-9,15H,6,14H2,1-3H3. The Morgan fingerprint density at radius 1 is 1.53 bits per heavy atom.